The quantitative estimate of drug-likeness (QED) is 0.147. The van der Waals surface area contributed by atoms with Crippen LogP contribution in [0.2, 0.25) is 18.1 Å². The van der Waals surface area contributed by atoms with E-state index in [2.05, 4.69) is 33.9 Å². The van der Waals surface area contributed by atoms with Crippen molar-refractivity contribution < 1.29 is 42.4 Å². The van der Waals surface area contributed by atoms with E-state index in [1.807, 2.05) is 109 Å². The topological polar surface area (TPSA) is 102 Å². The molecule has 1 saturated carbocycles. The van der Waals surface area contributed by atoms with E-state index in [1.165, 1.54) is 0 Å². The normalized spacial score (nSPS) is 25.8. The highest BCUT2D eigenvalue weighted by molar-refractivity contribution is 6.74. The minimum atomic E-state index is -2.50. The lowest BCUT2D eigenvalue weighted by Crippen LogP contribution is -2.44. The van der Waals surface area contributed by atoms with Gasteiger partial charge in [-0.1, -0.05) is 64.1 Å². The highest BCUT2D eigenvalue weighted by atomic mass is 28.4. The van der Waals surface area contributed by atoms with Crippen LogP contribution in [0.15, 0.2) is 54.6 Å². The number of ether oxygens (including phenoxy) is 6. The maximum atomic E-state index is 14.4. The fourth-order valence-corrected chi connectivity index (χ4v) is 7.35. The van der Waals surface area contributed by atoms with Gasteiger partial charge in [0, 0.05) is 18.0 Å². The van der Waals surface area contributed by atoms with Crippen molar-refractivity contribution in [2.75, 3.05) is 12.0 Å². The molecule has 2 aliphatic heterocycles. The van der Waals surface area contributed by atoms with Crippen molar-refractivity contribution in [1.29, 1.82) is 0 Å². The Bertz CT molecular complexity index is 1730. The van der Waals surface area contributed by atoms with Crippen LogP contribution in [0.4, 0.5) is 10.5 Å². The van der Waals surface area contributed by atoms with Crippen LogP contribution >= 0.6 is 0 Å². The molecule has 0 aromatic heterocycles. The Morgan fingerprint density at radius 1 is 0.982 bits per heavy atom. The first-order chi connectivity index (χ1) is 25.6. The van der Waals surface area contributed by atoms with Gasteiger partial charge in [0.05, 0.1) is 25.5 Å². The molecule has 3 aliphatic rings. The zero-order valence-corrected chi connectivity index (χ0v) is 36.2. The number of esters is 1. The van der Waals surface area contributed by atoms with Crippen LogP contribution in [-0.2, 0) is 30.3 Å². The second-order valence-electron chi connectivity index (χ2n) is 18.1. The second-order valence-corrected chi connectivity index (χ2v) is 22.8. The van der Waals surface area contributed by atoms with Gasteiger partial charge in [-0.25, -0.2) is 9.59 Å². The smallest absolute Gasteiger partial charge is 0.415 e. The summed E-state index contributed by atoms with van der Waals surface area (Å²) in [6, 6.07) is 11.5. The van der Waals surface area contributed by atoms with Gasteiger partial charge < -0.3 is 32.8 Å². The Morgan fingerprint density at radius 3 is 2.25 bits per heavy atom. The van der Waals surface area contributed by atoms with Crippen molar-refractivity contribution >= 4 is 32.1 Å². The predicted molar refractivity (Wildman–Crippen MR) is 218 cm³/mol. The molecule has 10 nitrogen and oxygen atoms in total. The number of hydrogen-bond acceptors (Lipinski definition) is 9. The number of anilines is 1. The molecule has 55 heavy (non-hydrogen) atoms. The Morgan fingerprint density at radius 2 is 1.65 bits per heavy atom. The molecular weight excluding hydrogens is 715 g/mol. The third-order valence-corrected chi connectivity index (χ3v) is 15.1. The third-order valence-electron chi connectivity index (χ3n) is 10.7. The SMILES string of the molecule is COc1ccc(COC2/C=C\[C@@H](C)[C@H](C)OC(=O)c3c(cc(N(C(=O)OC(C)(C)C)C4CC4)cc3O[Si](C)(C)C(C)(C)C)/C=C/C[C@@H]3OC(C)(C)O[C@H]23)cc1. The van der Waals surface area contributed by atoms with Crippen LogP contribution in [0.25, 0.3) is 6.08 Å². The Balaban J connectivity index is 1.60. The first-order valence-electron chi connectivity index (χ1n) is 19.6. The summed E-state index contributed by atoms with van der Waals surface area (Å²) in [7, 11) is -0.853. The number of hydrogen-bond donors (Lipinski definition) is 0. The van der Waals surface area contributed by atoms with Gasteiger partial charge in [-0.05, 0) is 108 Å². The van der Waals surface area contributed by atoms with Gasteiger partial charge in [-0.3, -0.25) is 4.90 Å². The molecule has 2 aromatic carbocycles. The molecule has 0 bridgehead atoms. The van der Waals surface area contributed by atoms with Gasteiger partial charge >= 0.3 is 12.1 Å². The number of rotatable bonds is 8. The molecule has 11 heteroatoms. The van der Waals surface area contributed by atoms with Gasteiger partial charge in [-0.15, -0.1) is 0 Å². The van der Waals surface area contributed by atoms with E-state index < -0.39 is 50.1 Å². The fraction of sp³-hybridized carbons (Fsp3) is 0.591. The summed E-state index contributed by atoms with van der Waals surface area (Å²) in [5.74, 6) is -0.340. The summed E-state index contributed by atoms with van der Waals surface area (Å²) < 4.78 is 44.1. The van der Waals surface area contributed by atoms with E-state index >= 15 is 0 Å². The van der Waals surface area contributed by atoms with Gasteiger partial charge in [0.2, 0.25) is 0 Å². The molecule has 2 aromatic rings. The van der Waals surface area contributed by atoms with Crippen LogP contribution in [0.3, 0.4) is 0 Å². The number of fused-ring (bicyclic) bond motifs is 2. The van der Waals surface area contributed by atoms with Crippen molar-refractivity contribution in [1.82, 2.24) is 0 Å². The standard InChI is InChI=1S/C44H63NO9Si/c1-28-17-24-35(49-27-30-18-22-34(48-11)23-19-30)39-36(51-44(9,10)52-39)16-14-15-31-25-33(45(32-20-21-32)41(47)53-42(3,4)5)26-37(38(31)40(46)50-29(28)2)54-55(12,13)43(6,7)8/h14-15,17-19,22-26,28-29,32,35-36,39H,16,20-21,27H2,1-13H3/b15-14+,24-17-/t28-,29+,35?,36+,39-/m1/s1. The first-order valence-corrected chi connectivity index (χ1v) is 22.5. The van der Waals surface area contributed by atoms with Crippen LogP contribution in [0, 0.1) is 5.92 Å². The van der Waals surface area contributed by atoms with Crippen LogP contribution in [0.1, 0.15) is 110 Å². The molecule has 302 valence electrons. The summed E-state index contributed by atoms with van der Waals surface area (Å²) in [5, 5.41) is -0.168. The van der Waals surface area contributed by atoms with Crippen molar-refractivity contribution in [2.24, 2.45) is 5.92 Å². The number of carbonyl (C=O) groups excluding carboxylic acids is 2. The highest BCUT2D eigenvalue weighted by Crippen LogP contribution is 2.43. The largest absolute Gasteiger partial charge is 0.543 e. The molecule has 0 spiro atoms. The number of carbonyl (C=O) groups is 2. The van der Waals surface area contributed by atoms with E-state index in [9.17, 15) is 9.59 Å². The first kappa shape index (κ1) is 42.5. The Labute approximate surface area is 329 Å². The van der Waals surface area contributed by atoms with Crippen LogP contribution < -0.4 is 14.1 Å². The summed E-state index contributed by atoms with van der Waals surface area (Å²) in [4.78, 5) is 29.9. The average molecular weight is 778 g/mol. The number of cyclic esters (lactones) is 1. The number of nitrogens with zero attached hydrogens (tertiary/aromatic N) is 1. The molecule has 1 amide bonds. The number of amides is 1. The van der Waals surface area contributed by atoms with E-state index in [4.69, 9.17) is 32.8 Å². The van der Waals surface area contributed by atoms with Gasteiger partial charge in [0.25, 0.3) is 8.32 Å². The summed E-state index contributed by atoms with van der Waals surface area (Å²) in [5.41, 5.74) is 1.82. The molecule has 1 saturated heterocycles. The van der Waals surface area contributed by atoms with Gasteiger partial charge in [-0.2, -0.15) is 0 Å². The molecule has 5 atom stereocenters. The minimum absolute atomic E-state index is 0.0161. The lowest BCUT2D eigenvalue weighted by Gasteiger charge is -2.37. The lowest BCUT2D eigenvalue weighted by molar-refractivity contribution is -0.156. The monoisotopic (exact) mass is 777 g/mol. The summed E-state index contributed by atoms with van der Waals surface area (Å²) >= 11 is 0. The predicted octanol–water partition coefficient (Wildman–Crippen LogP) is 10.2. The van der Waals surface area contributed by atoms with Crippen LogP contribution in [0.5, 0.6) is 11.5 Å². The summed E-state index contributed by atoms with van der Waals surface area (Å²) in [6.07, 6.45) is 7.93. The number of methoxy groups -OCH3 is 1. The fourth-order valence-electron chi connectivity index (χ4n) is 6.33. The lowest BCUT2D eigenvalue weighted by atomic mass is 9.98. The number of benzene rings is 2. The third kappa shape index (κ3) is 10.8. The molecule has 2 fully saturated rings. The zero-order chi connectivity index (χ0) is 40.5. The molecule has 2 heterocycles. The van der Waals surface area contributed by atoms with Crippen LogP contribution in [-0.4, -0.2) is 69.3 Å². The highest BCUT2D eigenvalue weighted by Gasteiger charge is 2.45. The molecule has 0 N–H and O–H groups in total. The van der Waals surface area contributed by atoms with Crippen molar-refractivity contribution in [3.8, 4) is 11.5 Å². The summed E-state index contributed by atoms with van der Waals surface area (Å²) in [6.45, 7) is 24.4. The maximum Gasteiger partial charge on any atom is 0.415 e. The molecule has 1 aliphatic carbocycles. The van der Waals surface area contributed by atoms with Gasteiger partial charge in [0.15, 0.2) is 5.79 Å². The van der Waals surface area contributed by atoms with Crippen molar-refractivity contribution in [2.45, 2.75) is 155 Å². The Kier molecular flexibility index (Phi) is 12.7. The average Bonchev–Trinajstić information content (AvgIpc) is 3.85. The van der Waals surface area contributed by atoms with E-state index in [0.717, 1.165) is 24.2 Å². The zero-order valence-electron chi connectivity index (χ0n) is 35.2. The van der Waals surface area contributed by atoms with E-state index in [1.54, 1.807) is 12.0 Å². The maximum absolute atomic E-state index is 14.4. The van der Waals surface area contributed by atoms with E-state index in [0.29, 0.717) is 35.6 Å². The Hall–Kier alpha value is -3.64. The molecule has 0 radical (unpaired) electrons. The minimum Gasteiger partial charge on any atom is -0.543 e. The molecule has 5 rings (SSSR count). The molecular formula is C44H63NO9Si. The molecule has 1 unspecified atom stereocenters. The van der Waals surface area contributed by atoms with Crippen molar-refractivity contribution in [3.05, 3.63) is 71.3 Å². The van der Waals surface area contributed by atoms with Gasteiger partial charge in [0.1, 0.15) is 41.0 Å². The van der Waals surface area contributed by atoms with E-state index in [-0.39, 0.29) is 23.1 Å². The second kappa shape index (κ2) is 16.4. The van der Waals surface area contributed by atoms with Crippen molar-refractivity contribution in [3.63, 3.8) is 0 Å².